The zero-order valence-electron chi connectivity index (χ0n) is 18.0. The van der Waals surface area contributed by atoms with Gasteiger partial charge in [0.25, 0.3) is 0 Å². The predicted molar refractivity (Wildman–Crippen MR) is 125 cm³/mol. The fourth-order valence-corrected chi connectivity index (χ4v) is 4.57. The van der Waals surface area contributed by atoms with E-state index in [2.05, 4.69) is 24.9 Å². The molecule has 1 atom stereocenters. The van der Waals surface area contributed by atoms with Gasteiger partial charge in [0.15, 0.2) is 11.0 Å². The Morgan fingerprint density at radius 2 is 1.88 bits per heavy atom. The lowest BCUT2D eigenvalue weighted by atomic mass is 10.2. The van der Waals surface area contributed by atoms with Crippen LogP contribution in [0.25, 0.3) is 22.8 Å². The molecule has 0 unspecified atom stereocenters. The van der Waals surface area contributed by atoms with Gasteiger partial charge in [0.1, 0.15) is 5.75 Å². The molecule has 1 fully saturated rings. The van der Waals surface area contributed by atoms with E-state index >= 15 is 0 Å². The monoisotopic (exact) mass is 483 g/mol. The first-order valence-electron chi connectivity index (χ1n) is 10.6. The highest BCUT2D eigenvalue weighted by molar-refractivity contribution is 7.98. The van der Waals surface area contributed by atoms with E-state index in [0.717, 1.165) is 47.3 Å². The summed E-state index contributed by atoms with van der Waals surface area (Å²) in [5, 5.41) is 14.5. The third kappa shape index (κ3) is 5.05. The average Bonchev–Trinajstić information content (AvgIpc) is 3.61. The Morgan fingerprint density at radius 3 is 2.61 bits per heavy atom. The average molecular weight is 484 g/mol. The molecule has 10 heteroatoms. The van der Waals surface area contributed by atoms with Crippen LogP contribution >= 0.6 is 23.4 Å². The van der Waals surface area contributed by atoms with E-state index < -0.39 is 0 Å². The van der Waals surface area contributed by atoms with Gasteiger partial charge in [-0.25, -0.2) is 0 Å². The number of ether oxygens (including phenoxy) is 2. The predicted octanol–water partition coefficient (Wildman–Crippen LogP) is 5.13. The second-order valence-corrected chi connectivity index (χ2v) is 8.97. The van der Waals surface area contributed by atoms with E-state index in [0.29, 0.717) is 29.0 Å². The Labute approximate surface area is 200 Å². The molecule has 3 heterocycles. The van der Waals surface area contributed by atoms with E-state index in [-0.39, 0.29) is 6.10 Å². The number of methoxy groups -OCH3 is 1. The van der Waals surface area contributed by atoms with Crippen molar-refractivity contribution in [2.75, 3.05) is 13.7 Å². The molecular formula is C23H22ClN5O3S. The van der Waals surface area contributed by atoms with Crippen LogP contribution in [0.15, 0.2) is 58.2 Å². The molecule has 0 aliphatic carbocycles. The van der Waals surface area contributed by atoms with Crippen LogP contribution in [0.4, 0.5) is 0 Å². The number of nitrogens with zero attached hydrogens (tertiary/aromatic N) is 5. The minimum absolute atomic E-state index is 0.150. The highest BCUT2D eigenvalue weighted by atomic mass is 35.5. The van der Waals surface area contributed by atoms with E-state index in [1.54, 1.807) is 19.2 Å². The molecule has 4 aromatic rings. The van der Waals surface area contributed by atoms with Crippen molar-refractivity contribution in [3.8, 4) is 28.5 Å². The molecule has 0 saturated carbocycles. The summed E-state index contributed by atoms with van der Waals surface area (Å²) in [5.74, 6) is 3.12. The molecule has 1 aliphatic heterocycles. The van der Waals surface area contributed by atoms with E-state index in [1.165, 1.54) is 11.8 Å². The number of thioether (sulfide) groups is 1. The molecule has 1 saturated heterocycles. The van der Waals surface area contributed by atoms with Gasteiger partial charge in [0, 0.05) is 22.8 Å². The smallest absolute Gasteiger partial charge is 0.237 e. The maximum Gasteiger partial charge on any atom is 0.237 e. The van der Waals surface area contributed by atoms with Crippen molar-refractivity contribution in [3.63, 3.8) is 0 Å². The van der Waals surface area contributed by atoms with Crippen molar-refractivity contribution in [2.45, 2.75) is 36.4 Å². The van der Waals surface area contributed by atoms with Crippen molar-refractivity contribution >= 4 is 23.4 Å². The minimum Gasteiger partial charge on any atom is -0.497 e. The molecular weight excluding hydrogens is 462 g/mol. The van der Waals surface area contributed by atoms with Crippen LogP contribution in [0.1, 0.15) is 18.7 Å². The second kappa shape index (κ2) is 9.94. The first-order chi connectivity index (χ1) is 16.2. The Kier molecular flexibility index (Phi) is 6.61. The molecule has 170 valence electrons. The number of rotatable bonds is 8. The number of aromatic nitrogens is 5. The van der Waals surface area contributed by atoms with Gasteiger partial charge in [-0.1, -0.05) is 28.5 Å². The summed E-state index contributed by atoms with van der Waals surface area (Å²) in [7, 11) is 1.65. The lowest BCUT2D eigenvalue weighted by Crippen LogP contribution is -2.16. The molecule has 0 spiro atoms. The van der Waals surface area contributed by atoms with E-state index in [4.69, 9.17) is 25.6 Å². The van der Waals surface area contributed by atoms with Crippen molar-refractivity contribution in [1.29, 1.82) is 0 Å². The summed E-state index contributed by atoms with van der Waals surface area (Å²) in [6.45, 7) is 1.49. The highest BCUT2D eigenvalue weighted by Crippen LogP contribution is 2.29. The summed E-state index contributed by atoms with van der Waals surface area (Å²) < 4.78 is 18.7. The van der Waals surface area contributed by atoms with Gasteiger partial charge < -0.3 is 14.0 Å². The van der Waals surface area contributed by atoms with Gasteiger partial charge in [-0.2, -0.15) is 4.98 Å². The van der Waals surface area contributed by atoms with Crippen LogP contribution in [0, 0.1) is 0 Å². The first kappa shape index (κ1) is 21.9. The normalized spacial score (nSPS) is 15.8. The zero-order valence-corrected chi connectivity index (χ0v) is 19.6. The van der Waals surface area contributed by atoms with Gasteiger partial charge in [-0.3, -0.25) is 4.57 Å². The zero-order chi connectivity index (χ0) is 22.6. The Balaban J connectivity index is 1.36. The summed E-state index contributed by atoms with van der Waals surface area (Å²) in [6, 6.07) is 15.1. The number of benzene rings is 2. The van der Waals surface area contributed by atoms with Gasteiger partial charge in [-0.05, 0) is 61.4 Å². The van der Waals surface area contributed by atoms with E-state index in [1.807, 2.05) is 36.4 Å². The fourth-order valence-electron chi connectivity index (χ4n) is 3.66. The van der Waals surface area contributed by atoms with E-state index in [9.17, 15) is 0 Å². The van der Waals surface area contributed by atoms with Gasteiger partial charge in [-0.15, -0.1) is 10.2 Å². The first-order valence-corrected chi connectivity index (χ1v) is 12.0. The summed E-state index contributed by atoms with van der Waals surface area (Å²) in [4.78, 5) is 4.50. The molecule has 8 nitrogen and oxygen atoms in total. The third-order valence-corrected chi connectivity index (χ3v) is 6.57. The highest BCUT2D eigenvalue weighted by Gasteiger charge is 2.22. The van der Waals surface area contributed by atoms with Crippen molar-refractivity contribution in [3.05, 3.63) is 59.4 Å². The van der Waals surface area contributed by atoms with Crippen LogP contribution in [0.3, 0.4) is 0 Å². The van der Waals surface area contributed by atoms with Crippen LogP contribution in [0.5, 0.6) is 5.75 Å². The molecule has 5 rings (SSSR count). The Hall–Kier alpha value is -2.88. The van der Waals surface area contributed by atoms with Crippen LogP contribution in [-0.4, -0.2) is 44.7 Å². The molecule has 2 aromatic heterocycles. The standard InChI is InChI=1S/C23H22ClN5O3S/c1-30-18-10-6-16(7-11-18)22-26-27-23(29(22)13-19-3-2-12-31-19)33-14-20-25-21(28-32-20)15-4-8-17(24)9-5-15/h4-11,19H,2-3,12-14H2,1H3/t19-/m1/s1. The molecule has 1 aliphatic rings. The third-order valence-electron chi connectivity index (χ3n) is 5.37. The lowest BCUT2D eigenvalue weighted by molar-refractivity contribution is 0.0953. The largest absolute Gasteiger partial charge is 0.497 e. The topological polar surface area (TPSA) is 88.1 Å². The molecule has 0 amide bonds. The molecule has 0 bridgehead atoms. The minimum atomic E-state index is 0.150. The molecule has 33 heavy (non-hydrogen) atoms. The maximum absolute atomic E-state index is 5.96. The number of hydrogen-bond donors (Lipinski definition) is 0. The summed E-state index contributed by atoms with van der Waals surface area (Å²) in [6.07, 6.45) is 2.25. The number of halogens is 1. The van der Waals surface area contributed by atoms with Crippen LogP contribution < -0.4 is 4.74 Å². The van der Waals surface area contributed by atoms with Crippen LogP contribution in [0.2, 0.25) is 5.02 Å². The van der Waals surface area contributed by atoms with Gasteiger partial charge in [0.05, 0.1) is 25.5 Å². The molecule has 0 radical (unpaired) electrons. The molecule has 2 aromatic carbocycles. The fraction of sp³-hybridized carbons (Fsp3) is 0.304. The number of hydrogen-bond acceptors (Lipinski definition) is 8. The Bertz CT molecular complexity index is 1200. The SMILES string of the molecule is COc1ccc(-c2nnc(SCc3nc(-c4ccc(Cl)cc4)no3)n2C[C@H]2CCCO2)cc1. The molecule has 0 N–H and O–H groups in total. The van der Waals surface area contributed by atoms with Gasteiger partial charge >= 0.3 is 0 Å². The second-order valence-electron chi connectivity index (χ2n) is 7.59. The van der Waals surface area contributed by atoms with Crippen molar-refractivity contribution in [1.82, 2.24) is 24.9 Å². The summed E-state index contributed by atoms with van der Waals surface area (Å²) >= 11 is 7.47. The quantitative estimate of drug-likeness (QED) is 0.319. The summed E-state index contributed by atoms with van der Waals surface area (Å²) in [5.41, 5.74) is 1.82. The van der Waals surface area contributed by atoms with Crippen molar-refractivity contribution in [2.24, 2.45) is 0 Å². The maximum atomic E-state index is 5.96. The Morgan fingerprint density at radius 1 is 1.09 bits per heavy atom. The lowest BCUT2D eigenvalue weighted by Gasteiger charge is -2.14. The van der Waals surface area contributed by atoms with Crippen LogP contribution in [-0.2, 0) is 17.0 Å². The van der Waals surface area contributed by atoms with Crippen molar-refractivity contribution < 1.29 is 14.0 Å². The van der Waals surface area contributed by atoms with Gasteiger partial charge in [0.2, 0.25) is 11.7 Å².